The lowest BCUT2D eigenvalue weighted by Crippen LogP contribution is -1.99. The van der Waals surface area contributed by atoms with E-state index in [1.807, 2.05) is 55.5 Å². The van der Waals surface area contributed by atoms with Gasteiger partial charge in [0.15, 0.2) is 5.58 Å². The maximum Gasteiger partial charge on any atom is 0.303 e. The van der Waals surface area contributed by atoms with Gasteiger partial charge < -0.3 is 14.3 Å². The molecule has 5 heteroatoms. The smallest absolute Gasteiger partial charge is 0.303 e. The van der Waals surface area contributed by atoms with Gasteiger partial charge in [-0.05, 0) is 78.9 Å². The largest absolute Gasteiger partial charge is 0.494 e. The molecule has 0 amide bonds. The number of carboxylic acids is 1. The topological polar surface area (TPSA) is 72.6 Å². The van der Waals surface area contributed by atoms with Crippen LogP contribution in [0.2, 0.25) is 0 Å². The number of ether oxygens (including phenoxy) is 1. The number of hydrogen-bond acceptors (Lipinski definition) is 4. The van der Waals surface area contributed by atoms with Gasteiger partial charge in [0.1, 0.15) is 11.3 Å². The summed E-state index contributed by atoms with van der Waals surface area (Å²) in [5.74, 6) is 0.697. The lowest BCUT2D eigenvalue weighted by Gasteiger charge is -2.08. The molecule has 0 radical (unpaired) electrons. The third kappa shape index (κ3) is 4.57. The third-order valence-corrected chi connectivity index (χ3v) is 4.91. The predicted octanol–water partition coefficient (Wildman–Crippen LogP) is 5.98. The molecule has 0 fully saturated rings. The van der Waals surface area contributed by atoms with Crippen LogP contribution in [0.3, 0.4) is 0 Å². The molecule has 0 saturated carbocycles. The summed E-state index contributed by atoms with van der Waals surface area (Å²) in [6.45, 7) is 2.62. The fraction of sp³-hybridized carbons (Fsp3) is 0.250. The van der Waals surface area contributed by atoms with Crippen molar-refractivity contribution in [2.45, 2.75) is 32.6 Å². The minimum Gasteiger partial charge on any atom is -0.494 e. The SMILES string of the molecule is Cc1ccc2nc(-c3ccc4cc(OCCCCCC(=O)O)ccc4c3)oc2c1. The number of aromatic nitrogens is 1. The molecule has 148 valence electrons. The Morgan fingerprint density at radius 1 is 1.00 bits per heavy atom. The lowest BCUT2D eigenvalue weighted by atomic mass is 10.1. The number of aliphatic carboxylic acids is 1. The van der Waals surface area contributed by atoms with E-state index in [-0.39, 0.29) is 6.42 Å². The Bertz CT molecular complexity index is 1160. The minimum absolute atomic E-state index is 0.220. The van der Waals surface area contributed by atoms with Crippen LogP contribution in [-0.2, 0) is 4.79 Å². The molecule has 29 heavy (non-hydrogen) atoms. The van der Waals surface area contributed by atoms with Crippen LogP contribution in [0, 0.1) is 6.92 Å². The van der Waals surface area contributed by atoms with Gasteiger partial charge in [-0.15, -0.1) is 0 Å². The second-order valence-corrected chi connectivity index (χ2v) is 7.27. The number of oxazole rings is 1. The normalized spacial score (nSPS) is 11.2. The number of carboxylic acid groups (broad SMARTS) is 1. The summed E-state index contributed by atoms with van der Waals surface area (Å²) >= 11 is 0. The molecule has 4 aromatic rings. The second-order valence-electron chi connectivity index (χ2n) is 7.27. The van der Waals surface area contributed by atoms with Crippen molar-refractivity contribution >= 4 is 27.8 Å². The minimum atomic E-state index is -0.743. The van der Waals surface area contributed by atoms with Crippen molar-refractivity contribution in [2.24, 2.45) is 0 Å². The van der Waals surface area contributed by atoms with Crippen molar-refractivity contribution in [3.8, 4) is 17.2 Å². The quantitative estimate of drug-likeness (QED) is 0.375. The Hall–Kier alpha value is -3.34. The molecule has 0 aliphatic rings. The average molecular weight is 389 g/mol. The van der Waals surface area contributed by atoms with Gasteiger partial charge in [-0.2, -0.15) is 0 Å². The molecule has 0 aliphatic carbocycles. The zero-order valence-corrected chi connectivity index (χ0v) is 16.4. The summed E-state index contributed by atoms with van der Waals surface area (Å²) in [7, 11) is 0. The van der Waals surface area contributed by atoms with Crippen LogP contribution in [0.4, 0.5) is 0 Å². The van der Waals surface area contributed by atoms with Gasteiger partial charge in [-0.3, -0.25) is 4.79 Å². The third-order valence-electron chi connectivity index (χ3n) is 4.91. The molecule has 1 N–H and O–H groups in total. The van der Waals surface area contributed by atoms with Crippen molar-refractivity contribution in [1.82, 2.24) is 4.98 Å². The Balaban J connectivity index is 1.44. The Labute approximate surface area is 168 Å². The highest BCUT2D eigenvalue weighted by atomic mass is 16.5. The van der Waals surface area contributed by atoms with Crippen LogP contribution >= 0.6 is 0 Å². The number of aryl methyl sites for hydroxylation is 1. The number of nitrogens with zero attached hydrogens (tertiary/aromatic N) is 1. The zero-order chi connectivity index (χ0) is 20.2. The average Bonchev–Trinajstić information content (AvgIpc) is 3.13. The van der Waals surface area contributed by atoms with Gasteiger partial charge in [0.05, 0.1) is 6.61 Å². The van der Waals surface area contributed by atoms with E-state index in [1.165, 1.54) is 0 Å². The molecular weight excluding hydrogens is 366 g/mol. The number of carbonyl (C=O) groups is 1. The molecule has 0 atom stereocenters. The van der Waals surface area contributed by atoms with Gasteiger partial charge in [0.25, 0.3) is 0 Å². The molecule has 0 saturated heterocycles. The van der Waals surface area contributed by atoms with Gasteiger partial charge in [-0.25, -0.2) is 4.98 Å². The maximum absolute atomic E-state index is 10.5. The molecule has 3 aromatic carbocycles. The zero-order valence-electron chi connectivity index (χ0n) is 16.4. The van der Waals surface area contributed by atoms with Crippen LogP contribution in [0.5, 0.6) is 5.75 Å². The van der Waals surface area contributed by atoms with Crippen LogP contribution < -0.4 is 4.74 Å². The maximum atomic E-state index is 10.5. The van der Waals surface area contributed by atoms with E-state index in [0.29, 0.717) is 18.9 Å². The first kappa shape index (κ1) is 19.0. The van der Waals surface area contributed by atoms with E-state index in [9.17, 15) is 4.79 Å². The van der Waals surface area contributed by atoms with E-state index >= 15 is 0 Å². The first-order chi connectivity index (χ1) is 14.1. The van der Waals surface area contributed by atoms with E-state index in [1.54, 1.807) is 0 Å². The number of unbranched alkanes of at least 4 members (excludes halogenated alkanes) is 2. The number of hydrogen-bond donors (Lipinski definition) is 1. The van der Waals surface area contributed by atoms with Crippen molar-refractivity contribution in [3.63, 3.8) is 0 Å². The highest BCUT2D eigenvalue weighted by molar-refractivity contribution is 5.88. The van der Waals surface area contributed by atoms with Gasteiger partial charge in [0.2, 0.25) is 5.89 Å². The van der Waals surface area contributed by atoms with E-state index in [2.05, 4.69) is 11.1 Å². The van der Waals surface area contributed by atoms with Gasteiger partial charge >= 0.3 is 5.97 Å². The molecule has 1 heterocycles. The fourth-order valence-electron chi connectivity index (χ4n) is 3.35. The highest BCUT2D eigenvalue weighted by Crippen LogP contribution is 2.29. The second kappa shape index (κ2) is 8.35. The molecule has 0 bridgehead atoms. The summed E-state index contributed by atoms with van der Waals surface area (Å²) in [4.78, 5) is 15.1. The van der Waals surface area contributed by atoms with Crippen molar-refractivity contribution < 1.29 is 19.1 Å². The van der Waals surface area contributed by atoms with Crippen LogP contribution in [0.1, 0.15) is 31.2 Å². The predicted molar refractivity (Wildman–Crippen MR) is 113 cm³/mol. The number of fused-ring (bicyclic) bond motifs is 2. The summed E-state index contributed by atoms with van der Waals surface area (Å²) in [6, 6.07) is 18.1. The van der Waals surface area contributed by atoms with Crippen molar-refractivity contribution in [3.05, 3.63) is 60.2 Å². The van der Waals surface area contributed by atoms with Crippen molar-refractivity contribution in [1.29, 1.82) is 0 Å². The number of rotatable bonds is 8. The Morgan fingerprint density at radius 3 is 2.69 bits per heavy atom. The van der Waals surface area contributed by atoms with Crippen LogP contribution in [-0.4, -0.2) is 22.7 Å². The summed E-state index contributed by atoms with van der Waals surface area (Å²) < 4.78 is 11.7. The lowest BCUT2D eigenvalue weighted by molar-refractivity contribution is -0.137. The summed E-state index contributed by atoms with van der Waals surface area (Å²) in [5.41, 5.74) is 3.75. The molecule has 0 spiro atoms. The molecular formula is C24H23NO4. The standard InChI is InChI=1S/C24H23NO4/c1-16-6-11-21-22(13-16)29-24(25-21)19-8-7-18-15-20(10-9-17(18)14-19)28-12-4-2-3-5-23(26)27/h6-11,13-15H,2-5,12H2,1H3,(H,26,27). The molecule has 0 aliphatic heterocycles. The summed E-state index contributed by atoms with van der Waals surface area (Å²) in [5, 5.41) is 10.8. The van der Waals surface area contributed by atoms with E-state index in [4.69, 9.17) is 14.3 Å². The monoisotopic (exact) mass is 389 g/mol. The first-order valence-electron chi connectivity index (χ1n) is 9.84. The van der Waals surface area contributed by atoms with Gasteiger partial charge in [-0.1, -0.05) is 18.2 Å². The van der Waals surface area contributed by atoms with Crippen molar-refractivity contribution in [2.75, 3.05) is 6.61 Å². The summed E-state index contributed by atoms with van der Waals surface area (Å²) in [6.07, 6.45) is 2.61. The van der Waals surface area contributed by atoms with Gasteiger partial charge in [0, 0.05) is 12.0 Å². The van der Waals surface area contributed by atoms with E-state index < -0.39 is 5.97 Å². The molecule has 4 rings (SSSR count). The van der Waals surface area contributed by atoms with Crippen LogP contribution in [0.25, 0.3) is 33.3 Å². The Morgan fingerprint density at radius 2 is 1.83 bits per heavy atom. The molecule has 1 aromatic heterocycles. The highest BCUT2D eigenvalue weighted by Gasteiger charge is 2.09. The fourth-order valence-corrected chi connectivity index (χ4v) is 3.35. The first-order valence-corrected chi connectivity index (χ1v) is 9.84. The van der Waals surface area contributed by atoms with Crippen LogP contribution in [0.15, 0.2) is 59.0 Å². The number of benzene rings is 3. The molecule has 5 nitrogen and oxygen atoms in total. The Kier molecular flexibility index (Phi) is 5.47. The van der Waals surface area contributed by atoms with E-state index in [0.717, 1.165) is 51.6 Å². The molecule has 0 unspecified atom stereocenters.